The zero-order chi connectivity index (χ0) is 13.3. The van der Waals surface area contributed by atoms with Gasteiger partial charge in [0.15, 0.2) is 0 Å². The molecule has 102 valence electrons. The molecule has 1 saturated heterocycles. The second-order valence-electron chi connectivity index (χ2n) is 5.32. The number of anilines is 1. The highest BCUT2D eigenvalue weighted by molar-refractivity contribution is 7.99. The highest BCUT2D eigenvalue weighted by atomic mass is 32.2. The molecule has 1 aromatic rings. The van der Waals surface area contributed by atoms with Gasteiger partial charge in [0.1, 0.15) is 5.82 Å². The van der Waals surface area contributed by atoms with E-state index in [0.29, 0.717) is 6.04 Å². The monoisotopic (exact) mass is 268 g/mol. The summed E-state index contributed by atoms with van der Waals surface area (Å²) in [6, 6.07) is 0.814. The van der Waals surface area contributed by atoms with Gasteiger partial charge >= 0.3 is 0 Å². The third kappa shape index (κ3) is 2.67. The van der Waals surface area contributed by atoms with Crippen molar-refractivity contribution in [1.82, 2.24) is 9.78 Å². The highest BCUT2D eigenvalue weighted by Crippen LogP contribution is 2.30. The standard InChI is InChI=1S/C13H24N4S/c1-9(14)7-12-10(2)15-17(4)13(12)16(3)11-5-6-18-8-11/h9,11H,5-8,14H2,1-4H3. The van der Waals surface area contributed by atoms with Crippen molar-refractivity contribution in [3.05, 3.63) is 11.3 Å². The summed E-state index contributed by atoms with van der Waals surface area (Å²) in [6.07, 6.45) is 2.17. The first kappa shape index (κ1) is 13.7. The number of thioether (sulfide) groups is 1. The van der Waals surface area contributed by atoms with Crippen molar-refractivity contribution >= 4 is 17.6 Å². The normalized spacial score (nSPS) is 21.3. The van der Waals surface area contributed by atoms with Crippen molar-refractivity contribution in [2.24, 2.45) is 12.8 Å². The van der Waals surface area contributed by atoms with Crippen LogP contribution in [-0.4, -0.2) is 40.4 Å². The topological polar surface area (TPSA) is 47.1 Å². The number of rotatable bonds is 4. The molecule has 2 N–H and O–H groups in total. The number of hydrogen-bond acceptors (Lipinski definition) is 4. The zero-order valence-corrected chi connectivity index (χ0v) is 12.6. The van der Waals surface area contributed by atoms with Gasteiger partial charge < -0.3 is 10.6 Å². The second-order valence-corrected chi connectivity index (χ2v) is 6.47. The minimum absolute atomic E-state index is 0.179. The summed E-state index contributed by atoms with van der Waals surface area (Å²) in [6.45, 7) is 4.14. The lowest BCUT2D eigenvalue weighted by molar-refractivity contribution is 0.648. The predicted octanol–water partition coefficient (Wildman–Crippen LogP) is 1.56. The molecular formula is C13H24N4S. The van der Waals surface area contributed by atoms with Gasteiger partial charge in [-0.3, -0.25) is 4.68 Å². The van der Waals surface area contributed by atoms with Crippen LogP contribution in [0.5, 0.6) is 0 Å². The Balaban J connectivity index is 2.29. The van der Waals surface area contributed by atoms with E-state index in [1.54, 1.807) is 0 Å². The zero-order valence-electron chi connectivity index (χ0n) is 11.8. The fraction of sp³-hybridized carbons (Fsp3) is 0.769. The molecule has 2 heterocycles. The molecule has 4 nitrogen and oxygen atoms in total. The van der Waals surface area contributed by atoms with Gasteiger partial charge in [-0.25, -0.2) is 0 Å². The fourth-order valence-corrected chi connectivity index (χ4v) is 3.96. The molecule has 18 heavy (non-hydrogen) atoms. The summed E-state index contributed by atoms with van der Waals surface area (Å²) in [5, 5.41) is 4.57. The Morgan fingerprint density at radius 3 is 2.89 bits per heavy atom. The van der Waals surface area contributed by atoms with Gasteiger partial charge in [0, 0.05) is 37.5 Å². The SMILES string of the molecule is Cc1nn(C)c(N(C)C2CCSC2)c1CC(C)N. The third-order valence-electron chi connectivity index (χ3n) is 3.63. The van der Waals surface area contributed by atoms with Crippen LogP contribution in [0.2, 0.25) is 0 Å². The van der Waals surface area contributed by atoms with E-state index in [2.05, 4.69) is 30.9 Å². The third-order valence-corrected chi connectivity index (χ3v) is 4.77. The first-order chi connectivity index (χ1) is 8.50. The molecule has 1 aliphatic heterocycles. The summed E-state index contributed by atoms with van der Waals surface area (Å²) in [7, 11) is 4.23. The fourth-order valence-electron chi connectivity index (χ4n) is 2.69. The Morgan fingerprint density at radius 1 is 1.61 bits per heavy atom. The molecule has 0 spiro atoms. The molecule has 2 unspecified atom stereocenters. The molecule has 0 bridgehead atoms. The Morgan fingerprint density at radius 2 is 2.33 bits per heavy atom. The van der Waals surface area contributed by atoms with Gasteiger partial charge in [0.25, 0.3) is 0 Å². The Labute approximate surface area is 114 Å². The van der Waals surface area contributed by atoms with Crippen molar-refractivity contribution < 1.29 is 0 Å². The van der Waals surface area contributed by atoms with Crippen molar-refractivity contribution in [2.45, 2.75) is 38.8 Å². The molecule has 1 fully saturated rings. The minimum Gasteiger partial charge on any atom is -0.356 e. The molecular weight excluding hydrogens is 244 g/mol. The van der Waals surface area contributed by atoms with Crippen molar-refractivity contribution in [1.29, 1.82) is 0 Å². The van der Waals surface area contributed by atoms with E-state index in [-0.39, 0.29) is 6.04 Å². The number of nitrogens with zero attached hydrogens (tertiary/aromatic N) is 3. The van der Waals surface area contributed by atoms with Gasteiger partial charge in [0.2, 0.25) is 0 Å². The number of hydrogen-bond donors (Lipinski definition) is 1. The van der Waals surface area contributed by atoms with Gasteiger partial charge in [-0.05, 0) is 32.4 Å². The van der Waals surface area contributed by atoms with Crippen LogP contribution in [0.25, 0.3) is 0 Å². The van der Waals surface area contributed by atoms with Gasteiger partial charge in [-0.1, -0.05) is 0 Å². The molecule has 2 rings (SSSR count). The maximum Gasteiger partial charge on any atom is 0.130 e. The van der Waals surface area contributed by atoms with E-state index in [0.717, 1.165) is 12.1 Å². The predicted molar refractivity (Wildman–Crippen MR) is 79.4 cm³/mol. The van der Waals surface area contributed by atoms with E-state index in [1.165, 1.54) is 29.3 Å². The number of aryl methyl sites for hydroxylation is 2. The van der Waals surface area contributed by atoms with Crippen molar-refractivity contribution in [3.8, 4) is 0 Å². The van der Waals surface area contributed by atoms with E-state index in [1.807, 2.05) is 23.5 Å². The van der Waals surface area contributed by atoms with Crippen LogP contribution in [0.15, 0.2) is 0 Å². The van der Waals surface area contributed by atoms with Gasteiger partial charge in [-0.2, -0.15) is 16.9 Å². The molecule has 1 aliphatic rings. The number of nitrogens with two attached hydrogens (primary N) is 1. The van der Waals surface area contributed by atoms with Crippen LogP contribution >= 0.6 is 11.8 Å². The van der Waals surface area contributed by atoms with E-state index in [4.69, 9.17) is 5.73 Å². The first-order valence-electron chi connectivity index (χ1n) is 6.59. The lowest BCUT2D eigenvalue weighted by Gasteiger charge is -2.27. The molecule has 0 aromatic carbocycles. The summed E-state index contributed by atoms with van der Waals surface area (Å²) in [5.41, 5.74) is 8.39. The molecule has 0 saturated carbocycles. The van der Waals surface area contributed by atoms with Crippen LogP contribution in [0.1, 0.15) is 24.6 Å². The summed E-state index contributed by atoms with van der Waals surface area (Å²) in [4.78, 5) is 2.40. The quantitative estimate of drug-likeness (QED) is 0.900. The summed E-state index contributed by atoms with van der Waals surface area (Å²) >= 11 is 2.04. The molecule has 1 aromatic heterocycles. The number of aromatic nitrogens is 2. The Kier molecular flexibility index (Phi) is 4.22. The average Bonchev–Trinajstić information content (AvgIpc) is 2.87. The van der Waals surface area contributed by atoms with Crippen molar-refractivity contribution in [3.63, 3.8) is 0 Å². The van der Waals surface area contributed by atoms with Crippen LogP contribution in [0.4, 0.5) is 5.82 Å². The molecule has 2 atom stereocenters. The lowest BCUT2D eigenvalue weighted by atomic mass is 10.1. The molecule has 0 aliphatic carbocycles. The maximum atomic E-state index is 5.97. The summed E-state index contributed by atoms with van der Waals surface area (Å²) < 4.78 is 2.01. The van der Waals surface area contributed by atoms with Gasteiger partial charge in [-0.15, -0.1) is 0 Å². The maximum absolute atomic E-state index is 5.97. The van der Waals surface area contributed by atoms with E-state index < -0.39 is 0 Å². The molecule has 0 amide bonds. The second kappa shape index (κ2) is 5.53. The van der Waals surface area contributed by atoms with Gasteiger partial charge in [0.05, 0.1) is 5.69 Å². The van der Waals surface area contributed by atoms with E-state index >= 15 is 0 Å². The van der Waals surface area contributed by atoms with Crippen LogP contribution in [-0.2, 0) is 13.5 Å². The smallest absolute Gasteiger partial charge is 0.130 e. The Bertz CT molecular complexity index is 407. The lowest BCUT2D eigenvalue weighted by Crippen LogP contribution is -2.34. The van der Waals surface area contributed by atoms with Crippen LogP contribution in [0, 0.1) is 6.92 Å². The minimum atomic E-state index is 0.179. The molecule has 5 heteroatoms. The van der Waals surface area contributed by atoms with E-state index in [9.17, 15) is 0 Å². The summed E-state index contributed by atoms with van der Waals surface area (Å²) in [5.74, 6) is 3.74. The first-order valence-corrected chi connectivity index (χ1v) is 7.74. The highest BCUT2D eigenvalue weighted by Gasteiger charge is 2.25. The average molecular weight is 268 g/mol. The van der Waals surface area contributed by atoms with Crippen LogP contribution < -0.4 is 10.6 Å². The Hall–Kier alpha value is -0.680. The molecule has 0 radical (unpaired) electrons. The van der Waals surface area contributed by atoms with Crippen LogP contribution in [0.3, 0.4) is 0 Å². The van der Waals surface area contributed by atoms with Crippen molar-refractivity contribution in [2.75, 3.05) is 23.5 Å². The largest absolute Gasteiger partial charge is 0.356 e.